The summed E-state index contributed by atoms with van der Waals surface area (Å²) in [7, 11) is 0. The average molecular weight is 234 g/mol. The number of aromatic carboxylic acids is 1. The molecule has 1 aromatic heterocycles. The van der Waals surface area contributed by atoms with E-state index in [2.05, 4.69) is 27.1 Å². The molecule has 1 N–H and O–H groups in total. The van der Waals surface area contributed by atoms with Gasteiger partial charge in [0.1, 0.15) is 0 Å². The Morgan fingerprint density at radius 1 is 1.65 bits per heavy atom. The number of aromatic nitrogens is 3. The quantitative estimate of drug-likeness (QED) is 0.756. The second-order valence-electron chi connectivity index (χ2n) is 3.98. The molecule has 0 bridgehead atoms. The molecule has 1 saturated heterocycles. The van der Waals surface area contributed by atoms with Gasteiger partial charge in [0.15, 0.2) is 5.69 Å². The highest BCUT2D eigenvalue weighted by atomic mass is 16.4. The minimum Gasteiger partial charge on any atom is -0.476 e. The molecule has 90 valence electrons. The van der Waals surface area contributed by atoms with Crippen LogP contribution in [0.2, 0.25) is 0 Å². The van der Waals surface area contributed by atoms with E-state index in [0.717, 1.165) is 26.1 Å². The average Bonchev–Trinajstić information content (AvgIpc) is 2.70. The van der Waals surface area contributed by atoms with Crippen molar-refractivity contribution in [3.05, 3.63) is 11.9 Å². The Morgan fingerprint density at radius 3 is 3.00 bits per heavy atom. The van der Waals surface area contributed by atoms with Gasteiger partial charge >= 0.3 is 5.97 Å². The van der Waals surface area contributed by atoms with Crippen molar-refractivity contribution < 1.29 is 9.90 Å². The molecular formula is C11H14N4O2. The molecule has 17 heavy (non-hydrogen) atoms. The Bertz CT molecular complexity index is 465. The monoisotopic (exact) mass is 234 g/mol. The minimum absolute atomic E-state index is 0.000277. The fraction of sp³-hybridized carbons (Fsp3) is 0.545. The third-order valence-electron chi connectivity index (χ3n) is 2.77. The fourth-order valence-electron chi connectivity index (χ4n) is 1.78. The molecule has 6 nitrogen and oxygen atoms in total. The lowest BCUT2D eigenvalue weighted by Crippen LogP contribution is -2.48. The van der Waals surface area contributed by atoms with Crippen LogP contribution in [0.3, 0.4) is 0 Å². The Balaban J connectivity index is 1.81. The zero-order valence-electron chi connectivity index (χ0n) is 9.63. The number of rotatable bonds is 4. The zero-order valence-corrected chi connectivity index (χ0v) is 9.63. The van der Waals surface area contributed by atoms with E-state index in [-0.39, 0.29) is 11.7 Å². The van der Waals surface area contributed by atoms with E-state index >= 15 is 0 Å². The largest absolute Gasteiger partial charge is 0.476 e. The van der Waals surface area contributed by atoms with Crippen LogP contribution in [0.25, 0.3) is 0 Å². The van der Waals surface area contributed by atoms with Gasteiger partial charge in [0.2, 0.25) is 0 Å². The van der Waals surface area contributed by atoms with Crippen LogP contribution in [0, 0.1) is 11.8 Å². The van der Waals surface area contributed by atoms with Crippen molar-refractivity contribution in [2.24, 2.45) is 0 Å². The van der Waals surface area contributed by atoms with Gasteiger partial charge in [0.05, 0.1) is 12.2 Å². The molecule has 0 spiro atoms. The molecular weight excluding hydrogens is 220 g/mol. The molecule has 0 radical (unpaired) electrons. The number of hydrogen-bond donors (Lipinski definition) is 1. The van der Waals surface area contributed by atoms with Crippen molar-refractivity contribution >= 4 is 5.97 Å². The van der Waals surface area contributed by atoms with Gasteiger partial charge in [-0.05, 0) is 6.92 Å². The summed E-state index contributed by atoms with van der Waals surface area (Å²) in [5, 5.41) is 16.1. The van der Waals surface area contributed by atoms with Crippen molar-refractivity contribution in [2.75, 3.05) is 19.6 Å². The zero-order chi connectivity index (χ0) is 12.3. The van der Waals surface area contributed by atoms with E-state index < -0.39 is 5.97 Å². The predicted molar refractivity (Wildman–Crippen MR) is 60.5 cm³/mol. The fourth-order valence-corrected chi connectivity index (χ4v) is 1.78. The van der Waals surface area contributed by atoms with Gasteiger partial charge in [-0.15, -0.1) is 16.9 Å². The SMILES string of the molecule is CC#CCCN1CC(n2cc(C(=O)O)nn2)C1. The van der Waals surface area contributed by atoms with Crippen LogP contribution >= 0.6 is 0 Å². The van der Waals surface area contributed by atoms with Crippen LogP contribution in [0.15, 0.2) is 6.20 Å². The first-order valence-electron chi connectivity index (χ1n) is 5.48. The first kappa shape index (κ1) is 11.6. The van der Waals surface area contributed by atoms with Gasteiger partial charge < -0.3 is 5.11 Å². The smallest absolute Gasteiger partial charge is 0.358 e. The maximum absolute atomic E-state index is 10.6. The van der Waals surface area contributed by atoms with Gasteiger partial charge in [-0.2, -0.15) is 0 Å². The van der Waals surface area contributed by atoms with Crippen LogP contribution in [0.4, 0.5) is 0 Å². The van der Waals surface area contributed by atoms with E-state index in [9.17, 15) is 4.79 Å². The molecule has 1 fully saturated rings. The van der Waals surface area contributed by atoms with Crippen molar-refractivity contribution in [2.45, 2.75) is 19.4 Å². The molecule has 0 amide bonds. The van der Waals surface area contributed by atoms with E-state index in [1.807, 2.05) is 6.92 Å². The summed E-state index contributed by atoms with van der Waals surface area (Å²) in [6.45, 7) is 4.56. The van der Waals surface area contributed by atoms with E-state index in [1.165, 1.54) is 6.20 Å². The first-order valence-corrected chi connectivity index (χ1v) is 5.48. The summed E-state index contributed by atoms with van der Waals surface area (Å²) in [6.07, 6.45) is 2.36. The van der Waals surface area contributed by atoms with Crippen LogP contribution in [0.1, 0.15) is 29.9 Å². The van der Waals surface area contributed by atoms with Crippen LogP contribution in [0.5, 0.6) is 0 Å². The Morgan fingerprint density at radius 2 is 2.41 bits per heavy atom. The molecule has 0 aliphatic carbocycles. The number of carboxylic acids is 1. The third-order valence-corrected chi connectivity index (χ3v) is 2.77. The summed E-state index contributed by atoms with van der Waals surface area (Å²) >= 11 is 0. The van der Waals surface area contributed by atoms with Crippen molar-refractivity contribution in [1.29, 1.82) is 0 Å². The molecule has 1 aliphatic heterocycles. The highest BCUT2D eigenvalue weighted by molar-refractivity contribution is 5.84. The molecule has 0 saturated carbocycles. The van der Waals surface area contributed by atoms with Gasteiger partial charge in [0.25, 0.3) is 0 Å². The number of carboxylic acid groups (broad SMARTS) is 1. The standard InChI is InChI=1S/C11H14N4O2/c1-2-3-4-5-14-6-9(7-14)15-8-10(11(16)17)12-13-15/h8-9H,4-7H2,1H3,(H,16,17). The predicted octanol–water partition coefficient (Wildman–Crippen LogP) is 0.246. The lowest BCUT2D eigenvalue weighted by molar-refractivity contribution is 0.0690. The molecule has 0 aromatic carbocycles. The Hall–Kier alpha value is -1.87. The normalized spacial score (nSPS) is 16.1. The molecule has 2 heterocycles. The second-order valence-corrected chi connectivity index (χ2v) is 3.98. The Kier molecular flexibility index (Phi) is 3.40. The summed E-state index contributed by atoms with van der Waals surface area (Å²) < 4.78 is 1.63. The number of nitrogens with zero attached hydrogens (tertiary/aromatic N) is 4. The molecule has 0 atom stereocenters. The van der Waals surface area contributed by atoms with E-state index in [4.69, 9.17) is 5.11 Å². The number of hydrogen-bond acceptors (Lipinski definition) is 4. The maximum Gasteiger partial charge on any atom is 0.358 e. The number of carbonyl (C=O) groups is 1. The number of likely N-dealkylation sites (tertiary alicyclic amines) is 1. The molecule has 0 unspecified atom stereocenters. The molecule has 2 rings (SSSR count). The highest BCUT2D eigenvalue weighted by Gasteiger charge is 2.28. The minimum atomic E-state index is -1.04. The second kappa shape index (κ2) is 4.97. The summed E-state index contributed by atoms with van der Waals surface area (Å²) in [6, 6.07) is 0.241. The molecule has 6 heteroatoms. The van der Waals surface area contributed by atoms with Crippen LogP contribution in [-0.4, -0.2) is 50.6 Å². The highest BCUT2D eigenvalue weighted by Crippen LogP contribution is 2.20. The first-order chi connectivity index (χ1) is 8.20. The summed E-state index contributed by atoms with van der Waals surface area (Å²) in [4.78, 5) is 12.9. The van der Waals surface area contributed by atoms with Gasteiger partial charge in [-0.3, -0.25) is 4.90 Å². The maximum atomic E-state index is 10.6. The summed E-state index contributed by atoms with van der Waals surface area (Å²) in [5.41, 5.74) is 0.000277. The van der Waals surface area contributed by atoms with Crippen LogP contribution < -0.4 is 0 Å². The van der Waals surface area contributed by atoms with Crippen molar-refractivity contribution in [3.8, 4) is 11.8 Å². The lowest BCUT2D eigenvalue weighted by Gasteiger charge is -2.38. The van der Waals surface area contributed by atoms with E-state index in [1.54, 1.807) is 4.68 Å². The third kappa shape index (κ3) is 2.63. The van der Waals surface area contributed by atoms with Gasteiger partial charge in [-0.1, -0.05) is 5.21 Å². The lowest BCUT2D eigenvalue weighted by atomic mass is 10.1. The molecule has 1 aromatic rings. The Labute approximate surface area is 99.2 Å². The summed E-state index contributed by atoms with van der Waals surface area (Å²) in [5.74, 6) is 4.84. The molecule has 1 aliphatic rings. The van der Waals surface area contributed by atoms with Gasteiger partial charge in [-0.25, -0.2) is 9.48 Å². The van der Waals surface area contributed by atoms with Crippen molar-refractivity contribution in [3.63, 3.8) is 0 Å². The topological polar surface area (TPSA) is 71.2 Å². The van der Waals surface area contributed by atoms with Crippen molar-refractivity contribution in [1.82, 2.24) is 19.9 Å². The van der Waals surface area contributed by atoms with E-state index in [0.29, 0.717) is 0 Å². The van der Waals surface area contributed by atoms with Gasteiger partial charge in [0, 0.05) is 26.1 Å². The van der Waals surface area contributed by atoms with Crippen LogP contribution in [-0.2, 0) is 0 Å².